The van der Waals surface area contributed by atoms with Crippen LogP contribution in [-0.2, 0) is 4.79 Å². The lowest BCUT2D eigenvalue weighted by molar-refractivity contribution is -0.147. The number of aryl methyl sites for hydroxylation is 2. The molecule has 0 aliphatic heterocycles. The second-order valence-corrected chi connectivity index (χ2v) is 5.59. The van der Waals surface area contributed by atoms with Crippen LogP contribution in [0.2, 0.25) is 0 Å². The number of carboxylic acids is 1. The van der Waals surface area contributed by atoms with Crippen LogP contribution in [-0.4, -0.2) is 18.1 Å². The zero-order chi connectivity index (χ0) is 13.9. The molecule has 100 valence electrons. The maximum Gasteiger partial charge on any atom is 0.309 e. The minimum absolute atomic E-state index is 0.0664. The van der Waals surface area contributed by atoms with Crippen molar-refractivity contribution >= 4 is 5.97 Å². The van der Waals surface area contributed by atoms with E-state index >= 15 is 0 Å². The lowest BCUT2D eigenvalue weighted by Crippen LogP contribution is -2.30. The highest BCUT2D eigenvalue weighted by atomic mass is 16.4. The Balaban J connectivity index is 3.00. The summed E-state index contributed by atoms with van der Waals surface area (Å²) in [5.41, 5.74) is 2.88. The monoisotopic (exact) mass is 249 g/mol. The number of nitrogens with one attached hydrogen (secondary N) is 1. The second-order valence-electron chi connectivity index (χ2n) is 5.59. The Morgan fingerprint density at radius 1 is 1.39 bits per heavy atom. The van der Waals surface area contributed by atoms with Gasteiger partial charge in [-0.15, -0.1) is 0 Å². The molecule has 0 fully saturated rings. The van der Waals surface area contributed by atoms with Crippen molar-refractivity contribution in [1.82, 2.24) is 5.32 Å². The standard InChI is InChI=1S/C15H23NO2/c1-10-6-7-12(11(2)8-10)13(16-5)9-15(3,4)14(17)18/h6-8,13,16H,9H2,1-5H3,(H,17,18). The Labute approximate surface area is 109 Å². The highest BCUT2D eigenvalue weighted by Gasteiger charge is 2.31. The molecule has 0 spiro atoms. The minimum atomic E-state index is -0.757. The average Bonchev–Trinajstić information content (AvgIpc) is 2.26. The fourth-order valence-electron chi connectivity index (χ4n) is 2.18. The molecule has 0 saturated heterocycles. The quantitative estimate of drug-likeness (QED) is 0.843. The molecule has 1 aromatic carbocycles. The van der Waals surface area contributed by atoms with Crippen molar-refractivity contribution in [3.8, 4) is 0 Å². The highest BCUT2D eigenvalue weighted by molar-refractivity contribution is 5.73. The summed E-state index contributed by atoms with van der Waals surface area (Å²) in [6.45, 7) is 7.67. The fraction of sp³-hybridized carbons (Fsp3) is 0.533. The Hall–Kier alpha value is -1.35. The highest BCUT2D eigenvalue weighted by Crippen LogP contribution is 2.31. The number of carboxylic acid groups (broad SMARTS) is 1. The predicted molar refractivity (Wildman–Crippen MR) is 73.8 cm³/mol. The molecule has 1 atom stereocenters. The third kappa shape index (κ3) is 3.33. The Morgan fingerprint density at radius 2 is 2.00 bits per heavy atom. The molecule has 3 heteroatoms. The van der Waals surface area contributed by atoms with Crippen molar-refractivity contribution < 1.29 is 9.90 Å². The molecule has 0 aliphatic carbocycles. The summed E-state index contributed by atoms with van der Waals surface area (Å²) in [5, 5.41) is 12.4. The third-order valence-corrected chi connectivity index (χ3v) is 3.44. The molecule has 2 N–H and O–H groups in total. The number of benzene rings is 1. The molecule has 3 nitrogen and oxygen atoms in total. The largest absolute Gasteiger partial charge is 0.481 e. The van der Waals surface area contributed by atoms with Crippen LogP contribution in [0.3, 0.4) is 0 Å². The molecule has 0 saturated carbocycles. The summed E-state index contributed by atoms with van der Waals surface area (Å²) in [4.78, 5) is 11.2. The first kappa shape index (κ1) is 14.7. The number of carbonyl (C=O) groups is 1. The molecular weight excluding hydrogens is 226 g/mol. The minimum Gasteiger partial charge on any atom is -0.481 e. The lowest BCUT2D eigenvalue weighted by atomic mass is 9.82. The number of rotatable bonds is 5. The van der Waals surface area contributed by atoms with Crippen LogP contribution in [0.4, 0.5) is 0 Å². The zero-order valence-corrected chi connectivity index (χ0v) is 11.9. The van der Waals surface area contributed by atoms with Gasteiger partial charge in [0, 0.05) is 6.04 Å². The van der Waals surface area contributed by atoms with Gasteiger partial charge >= 0.3 is 5.97 Å². The summed E-state index contributed by atoms with van der Waals surface area (Å²) in [5.74, 6) is -0.757. The summed E-state index contributed by atoms with van der Waals surface area (Å²) < 4.78 is 0. The van der Waals surface area contributed by atoms with Crippen molar-refractivity contribution in [2.75, 3.05) is 7.05 Å². The molecule has 1 unspecified atom stereocenters. The van der Waals surface area contributed by atoms with E-state index in [0.717, 1.165) is 0 Å². The van der Waals surface area contributed by atoms with Gasteiger partial charge in [-0.2, -0.15) is 0 Å². The smallest absolute Gasteiger partial charge is 0.309 e. The van der Waals surface area contributed by atoms with E-state index in [0.29, 0.717) is 6.42 Å². The van der Waals surface area contributed by atoms with Crippen molar-refractivity contribution in [2.45, 2.75) is 40.2 Å². The normalized spacial score (nSPS) is 13.4. The van der Waals surface area contributed by atoms with Crippen molar-refractivity contribution in [1.29, 1.82) is 0 Å². The first-order valence-electron chi connectivity index (χ1n) is 6.25. The van der Waals surface area contributed by atoms with Crippen LogP contribution < -0.4 is 5.32 Å². The average molecular weight is 249 g/mol. The molecular formula is C15H23NO2. The van der Waals surface area contributed by atoms with Crippen LogP contribution in [0.15, 0.2) is 18.2 Å². The predicted octanol–water partition coefficient (Wildman–Crippen LogP) is 3.06. The van der Waals surface area contributed by atoms with Crippen LogP contribution in [0, 0.1) is 19.3 Å². The van der Waals surface area contributed by atoms with Gasteiger partial charge in [0.05, 0.1) is 5.41 Å². The number of hydrogen-bond acceptors (Lipinski definition) is 2. The van der Waals surface area contributed by atoms with E-state index in [1.807, 2.05) is 7.05 Å². The summed E-state index contributed by atoms with van der Waals surface area (Å²) in [6, 6.07) is 6.36. The summed E-state index contributed by atoms with van der Waals surface area (Å²) >= 11 is 0. The number of hydrogen-bond donors (Lipinski definition) is 2. The Kier molecular flexibility index (Phi) is 4.52. The first-order chi connectivity index (χ1) is 8.27. The maximum absolute atomic E-state index is 11.2. The van der Waals surface area contributed by atoms with E-state index < -0.39 is 11.4 Å². The van der Waals surface area contributed by atoms with Gasteiger partial charge in [0.1, 0.15) is 0 Å². The second kappa shape index (κ2) is 5.53. The van der Waals surface area contributed by atoms with E-state index in [-0.39, 0.29) is 6.04 Å². The SMILES string of the molecule is CNC(CC(C)(C)C(=O)O)c1ccc(C)cc1C. The van der Waals surface area contributed by atoms with Crippen molar-refractivity contribution in [3.63, 3.8) is 0 Å². The van der Waals surface area contributed by atoms with Gasteiger partial charge in [0.2, 0.25) is 0 Å². The molecule has 0 radical (unpaired) electrons. The van der Waals surface area contributed by atoms with Crippen LogP contribution >= 0.6 is 0 Å². The van der Waals surface area contributed by atoms with E-state index in [2.05, 4.69) is 37.4 Å². The third-order valence-electron chi connectivity index (χ3n) is 3.44. The van der Waals surface area contributed by atoms with E-state index in [1.165, 1.54) is 16.7 Å². The van der Waals surface area contributed by atoms with Crippen molar-refractivity contribution in [3.05, 3.63) is 34.9 Å². The molecule has 0 amide bonds. The molecule has 1 rings (SSSR count). The van der Waals surface area contributed by atoms with Gasteiger partial charge < -0.3 is 10.4 Å². The van der Waals surface area contributed by atoms with Crippen LogP contribution in [0.1, 0.15) is 43.0 Å². The van der Waals surface area contributed by atoms with E-state index in [9.17, 15) is 9.90 Å². The number of aliphatic carboxylic acids is 1. The van der Waals surface area contributed by atoms with Gasteiger partial charge in [0.25, 0.3) is 0 Å². The van der Waals surface area contributed by atoms with Crippen LogP contribution in [0.5, 0.6) is 0 Å². The van der Waals surface area contributed by atoms with E-state index in [1.54, 1.807) is 13.8 Å². The Bertz CT molecular complexity index is 438. The molecule has 18 heavy (non-hydrogen) atoms. The molecule has 0 bridgehead atoms. The van der Waals surface area contributed by atoms with Gasteiger partial charge in [-0.25, -0.2) is 0 Å². The van der Waals surface area contributed by atoms with E-state index in [4.69, 9.17) is 0 Å². The molecule has 0 heterocycles. The van der Waals surface area contributed by atoms with Crippen molar-refractivity contribution in [2.24, 2.45) is 5.41 Å². The molecule has 1 aromatic rings. The first-order valence-corrected chi connectivity index (χ1v) is 6.25. The zero-order valence-electron chi connectivity index (χ0n) is 11.9. The van der Waals surface area contributed by atoms with Gasteiger partial charge in [0.15, 0.2) is 0 Å². The van der Waals surface area contributed by atoms with Gasteiger partial charge in [-0.3, -0.25) is 4.79 Å². The van der Waals surface area contributed by atoms with Crippen LogP contribution in [0.25, 0.3) is 0 Å². The molecule has 0 aliphatic rings. The summed E-state index contributed by atoms with van der Waals surface area (Å²) in [6.07, 6.45) is 0.572. The maximum atomic E-state index is 11.2. The van der Waals surface area contributed by atoms with Gasteiger partial charge in [-0.05, 0) is 52.3 Å². The Morgan fingerprint density at radius 3 is 2.44 bits per heavy atom. The van der Waals surface area contributed by atoms with Gasteiger partial charge in [-0.1, -0.05) is 23.8 Å². The fourth-order valence-corrected chi connectivity index (χ4v) is 2.18. The summed E-state index contributed by atoms with van der Waals surface area (Å²) in [7, 11) is 1.88. The molecule has 0 aromatic heterocycles. The topological polar surface area (TPSA) is 49.3 Å². The lowest BCUT2D eigenvalue weighted by Gasteiger charge is -2.27.